The van der Waals surface area contributed by atoms with E-state index in [1.165, 1.54) is 199 Å². The van der Waals surface area contributed by atoms with E-state index in [4.69, 9.17) is 37.0 Å². The Balaban J connectivity index is 5.24. The molecule has 582 valence electrons. The highest BCUT2D eigenvalue weighted by molar-refractivity contribution is 7.47. The summed E-state index contributed by atoms with van der Waals surface area (Å²) in [6, 6.07) is 0. The lowest BCUT2D eigenvalue weighted by Crippen LogP contribution is -2.30. The smallest absolute Gasteiger partial charge is 0.462 e. The molecule has 0 saturated heterocycles. The summed E-state index contributed by atoms with van der Waals surface area (Å²) in [5, 5.41) is 10.6. The topological polar surface area (TPSA) is 237 Å². The summed E-state index contributed by atoms with van der Waals surface area (Å²) < 4.78 is 68.6. The van der Waals surface area contributed by atoms with Gasteiger partial charge in [-0.1, -0.05) is 351 Å². The SMILES string of the molecule is CCC(C)CCCCCCCCCCCCC(=O)O[C@H](COC(=O)CCCCCCCCC(C)C)COP(=O)(O)OC[C@H](O)COP(=O)(O)OC[C@@H](COC(=O)CCCCCCCCCCCCCCCCCC(C)C)OC(=O)CCCCCCCCCCCCCCCCC(C)C. The summed E-state index contributed by atoms with van der Waals surface area (Å²) in [5.41, 5.74) is 0. The molecular formula is C79H154O17P2. The van der Waals surface area contributed by atoms with Crippen LogP contribution in [0.1, 0.15) is 402 Å². The van der Waals surface area contributed by atoms with Crippen molar-refractivity contribution < 1.29 is 80.2 Å². The van der Waals surface area contributed by atoms with E-state index in [0.717, 1.165) is 114 Å². The number of aliphatic hydroxyl groups is 1. The standard InChI is InChI=1S/C79H154O17P2/c1-9-72(8)58-50-42-33-27-23-24-30-36-46-54-62-79(84)96-75(66-90-77(82)60-52-44-38-37-41-49-57-71(6)7)68-94-98(87,88)92-64-73(80)63-91-97(85,86)93-67-74(95-78(83)61-53-45-35-29-22-18-14-13-16-20-26-32-40-48-56-70(4)5)65-89-76(81)59-51-43-34-28-21-17-12-10-11-15-19-25-31-39-47-55-69(2)3/h69-75,80H,9-68H2,1-8H3,(H,85,86)(H,87,88)/t72?,73-,74-,75-/m1/s1. The second kappa shape index (κ2) is 68.2. The van der Waals surface area contributed by atoms with Gasteiger partial charge in [0.1, 0.15) is 19.3 Å². The van der Waals surface area contributed by atoms with E-state index in [1.807, 2.05) is 0 Å². The molecule has 0 saturated carbocycles. The van der Waals surface area contributed by atoms with Crippen LogP contribution in [0.2, 0.25) is 0 Å². The first kappa shape index (κ1) is 96.1. The summed E-state index contributed by atoms with van der Waals surface area (Å²) in [6.45, 7) is 14.2. The lowest BCUT2D eigenvalue weighted by molar-refractivity contribution is -0.161. The first-order valence-electron chi connectivity index (χ1n) is 40.7. The Labute approximate surface area is 600 Å². The van der Waals surface area contributed by atoms with Gasteiger partial charge < -0.3 is 33.8 Å². The summed E-state index contributed by atoms with van der Waals surface area (Å²) >= 11 is 0. The number of phosphoric acid groups is 2. The van der Waals surface area contributed by atoms with E-state index in [-0.39, 0.29) is 25.7 Å². The van der Waals surface area contributed by atoms with Crippen LogP contribution in [0.3, 0.4) is 0 Å². The maximum atomic E-state index is 13.1. The fourth-order valence-electron chi connectivity index (χ4n) is 12.0. The number of unbranched alkanes of at least 4 members (excludes halogenated alkanes) is 41. The highest BCUT2D eigenvalue weighted by atomic mass is 31.2. The van der Waals surface area contributed by atoms with Crippen molar-refractivity contribution in [2.75, 3.05) is 39.6 Å². The molecule has 3 unspecified atom stereocenters. The molecule has 0 spiro atoms. The first-order valence-corrected chi connectivity index (χ1v) is 43.7. The Morgan fingerprint density at radius 2 is 0.490 bits per heavy atom. The van der Waals surface area contributed by atoms with Crippen LogP contribution >= 0.6 is 15.6 Å². The zero-order chi connectivity index (χ0) is 72.4. The third-order valence-electron chi connectivity index (χ3n) is 18.7. The van der Waals surface area contributed by atoms with Crippen LogP contribution in [0.5, 0.6) is 0 Å². The number of carbonyl (C=O) groups excluding carboxylic acids is 4. The molecule has 6 atom stereocenters. The van der Waals surface area contributed by atoms with Crippen LogP contribution in [0.25, 0.3) is 0 Å². The number of esters is 4. The number of carbonyl (C=O) groups is 4. The Morgan fingerprint density at radius 3 is 0.724 bits per heavy atom. The maximum absolute atomic E-state index is 13.1. The van der Waals surface area contributed by atoms with Gasteiger partial charge in [0.2, 0.25) is 0 Å². The highest BCUT2D eigenvalue weighted by Gasteiger charge is 2.30. The van der Waals surface area contributed by atoms with Crippen molar-refractivity contribution in [2.24, 2.45) is 23.7 Å². The van der Waals surface area contributed by atoms with Gasteiger partial charge in [0, 0.05) is 25.7 Å². The lowest BCUT2D eigenvalue weighted by atomic mass is 9.99. The molecular weight excluding hydrogens is 1280 g/mol. The number of aliphatic hydroxyl groups excluding tert-OH is 1. The van der Waals surface area contributed by atoms with Crippen LogP contribution in [0.15, 0.2) is 0 Å². The van der Waals surface area contributed by atoms with Gasteiger partial charge in [-0.2, -0.15) is 0 Å². The molecule has 0 fully saturated rings. The van der Waals surface area contributed by atoms with Crippen molar-refractivity contribution >= 4 is 39.5 Å². The molecule has 0 aromatic carbocycles. The van der Waals surface area contributed by atoms with Gasteiger partial charge >= 0.3 is 39.5 Å². The predicted octanol–water partition coefficient (Wildman–Crippen LogP) is 23.2. The molecule has 0 rings (SSSR count). The molecule has 0 heterocycles. The largest absolute Gasteiger partial charge is 0.472 e. The van der Waals surface area contributed by atoms with Crippen LogP contribution in [-0.4, -0.2) is 96.7 Å². The Hall–Kier alpha value is -1.94. The average molecular weight is 1440 g/mol. The molecule has 17 nitrogen and oxygen atoms in total. The normalized spacial score (nSPS) is 14.3. The van der Waals surface area contributed by atoms with Crippen molar-refractivity contribution in [1.82, 2.24) is 0 Å². The minimum absolute atomic E-state index is 0.105. The number of hydrogen-bond donors (Lipinski definition) is 3. The molecule has 0 aliphatic heterocycles. The predicted molar refractivity (Wildman–Crippen MR) is 400 cm³/mol. The Kier molecular flexibility index (Phi) is 66.8. The van der Waals surface area contributed by atoms with E-state index in [9.17, 15) is 43.2 Å². The van der Waals surface area contributed by atoms with Gasteiger partial charge in [-0.05, 0) is 49.4 Å². The molecule has 0 amide bonds. The zero-order valence-corrected chi connectivity index (χ0v) is 66.2. The van der Waals surface area contributed by atoms with Crippen LogP contribution in [-0.2, 0) is 65.4 Å². The van der Waals surface area contributed by atoms with E-state index < -0.39 is 97.5 Å². The molecule has 0 bridgehead atoms. The molecule has 0 radical (unpaired) electrons. The molecule has 0 aromatic heterocycles. The second-order valence-corrected chi connectivity index (χ2v) is 33.0. The fourth-order valence-corrected chi connectivity index (χ4v) is 13.6. The van der Waals surface area contributed by atoms with Gasteiger partial charge in [-0.15, -0.1) is 0 Å². The molecule has 3 N–H and O–H groups in total. The highest BCUT2D eigenvalue weighted by Crippen LogP contribution is 2.45. The van der Waals surface area contributed by atoms with Crippen LogP contribution in [0, 0.1) is 23.7 Å². The number of phosphoric ester groups is 2. The molecule has 0 aliphatic carbocycles. The molecule has 0 aliphatic rings. The quantitative estimate of drug-likeness (QED) is 0.0222. The lowest BCUT2D eigenvalue weighted by Gasteiger charge is -2.21. The summed E-state index contributed by atoms with van der Waals surface area (Å²) in [7, 11) is -9.92. The fraction of sp³-hybridized carbons (Fsp3) is 0.949. The van der Waals surface area contributed by atoms with Crippen molar-refractivity contribution in [2.45, 2.75) is 420 Å². The minimum Gasteiger partial charge on any atom is -0.462 e. The summed E-state index contributed by atoms with van der Waals surface area (Å²) in [6.07, 6.45) is 54.2. The molecule has 19 heteroatoms. The third kappa shape index (κ3) is 71.1. The summed E-state index contributed by atoms with van der Waals surface area (Å²) in [4.78, 5) is 72.9. The van der Waals surface area contributed by atoms with E-state index in [0.29, 0.717) is 31.6 Å². The third-order valence-corrected chi connectivity index (χ3v) is 20.6. The van der Waals surface area contributed by atoms with Crippen molar-refractivity contribution in [3.63, 3.8) is 0 Å². The maximum Gasteiger partial charge on any atom is 0.472 e. The average Bonchev–Trinajstić information content (AvgIpc) is 0.988. The Morgan fingerprint density at radius 1 is 0.286 bits per heavy atom. The zero-order valence-electron chi connectivity index (χ0n) is 64.4. The molecule has 98 heavy (non-hydrogen) atoms. The van der Waals surface area contributed by atoms with Gasteiger partial charge in [-0.25, -0.2) is 9.13 Å². The number of rotatable bonds is 76. The second-order valence-electron chi connectivity index (χ2n) is 30.1. The van der Waals surface area contributed by atoms with Crippen molar-refractivity contribution in [1.29, 1.82) is 0 Å². The van der Waals surface area contributed by atoms with Gasteiger partial charge in [0.25, 0.3) is 0 Å². The van der Waals surface area contributed by atoms with Crippen LogP contribution in [0.4, 0.5) is 0 Å². The number of hydrogen-bond acceptors (Lipinski definition) is 15. The van der Waals surface area contributed by atoms with E-state index in [1.54, 1.807) is 0 Å². The summed E-state index contributed by atoms with van der Waals surface area (Å²) in [5.74, 6) is 0.965. The number of ether oxygens (including phenoxy) is 4. The molecule has 0 aromatic rings. The van der Waals surface area contributed by atoms with E-state index >= 15 is 0 Å². The van der Waals surface area contributed by atoms with E-state index in [2.05, 4.69) is 55.4 Å². The minimum atomic E-state index is -4.96. The monoisotopic (exact) mass is 1440 g/mol. The van der Waals surface area contributed by atoms with Gasteiger partial charge in [0.05, 0.1) is 26.4 Å². The Bertz CT molecular complexity index is 1920. The first-order chi connectivity index (χ1) is 47.1. The van der Waals surface area contributed by atoms with Gasteiger partial charge in [-0.3, -0.25) is 37.3 Å². The van der Waals surface area contributed by atoms with Crippen molar-refractivity contribution in [3.8, 4) is 0 Å². The van der Waals surface area contributed by atoms with Crippen molar-refractivity contribution in [3.05, 3.63) is 0 Å². The van der Waals surface area contributed by atoms with Crippen LogP contribution < -0.4 is 0 Å². The van der Waals surface area contributed by atoms with Gasteiger partial charge in [0.15, 0.2) is 12.2 Å².